The van der Waals surface area contributed by atoms with E-state index in [2.05, 4.69) is 5.32 Å². The van der Waals surface area contributed by atoms with E-state index in [1.54, 1.807) is 18.3 Å². The number of carbonyl (C=O) groups excluding carboxylic acids is 1. The predicted octanol–water partition coefficient (Wildman–Crippen LogP) is 1.56. The van der Waals surface area contributed by atoms with Crippen LogP contribution >= 0.6 is 0 Å². The maximum absolute atomic E-state index is 12.0. The van der Waals surface area contributed by atoms with Crippen molar-refractivity contribution in [2.24, 2.45) is 0 Å². The first-order chi connectivity index (χ1) is 10.2. The fraction of sp³-hybridized carbons (Fsp3) is 0.250. The van der Waals surface area contributed by atoms with Gasteiger partial charge in [-0.3, -0.25) is 9.59 Å². The van der Waals surface area contributed by atoms with Gasteiger partial charge in [0.2, 0.25) is 5.91 Å². The van der Waals surface area contributed by atoms with Gasteiger partial charge in [-0.1, -0.05) is 30.3 Å². The van der Waals surface area contributed by atoms with Crippen LogP contribution in [0.1, 0.15) is 12.5 Å². The molecule has 2 aromatic rings. The van der Waals surface area contributed by atoms with Gasteiger partial charge in [-0.15, -0.1) is 0 Å². The number of benzene rings is 1. The lowest BCUT2D eigenvalue weighted by atomic mass is 10.2. The lowest BCUT2D eigenvalue weighted by Gasteiger charge is -2.09. The van der Waals surface area contributed by atoms with Crippen LogP contribution < -0.4 is 15.6 Å². The van der Waals surface area contributed by atoms with Crippen LogP contribution in [-0.2, 0) is 17.9 Å². The molecule has 0 fully saturated rings. The Morgan fingerprint density at radius 2 is 1.95 bits per heavy atom. The van der Waals surface area contributed by atoms with Crippen LogP contribution in [0.15, 0.2) is 53.5 Å². The minimum absolute atomic E-state index is 0.0212. The van der Waals surface area contributed by atoms with Gasteiger partial charge < -0.3 is 14.6 Å². The molecule has 1 heterocycles. The molecule has 110 valence electrons. The summed E-state index contributed by atoms with van der Waals surface area (Å²) in [5.41, 5.74) is 0.718. The fourth-order valence-electron chi connectivity index (χ4n) is 1.91. The zero-order valence-corrected chi connectivity index (χ0v) is 11.9. The zero-order chi connectivity index (χ0) is 15.1. The number of hydrogen-bond donors (Lipinski definition) is 1. The molecule has 0 aliphatic carbocycles. The topological polar surface area (TPSA) is 60.3 Å². The molecule has 0 spiro atoms. The van der Waals surface area contributed by atoms with Crippen LogP contribution in [0.5, 0.6) is 5.75 Å². The summed E-state index contributed by atoms with van der Waals surface area (Å²) in [7, 11) is 0. The molecular formula is C16H18N2O3. The molecule has 0 aliphatic rings. The van der Waals surface area contributed by atoms with Crippen LogP contribution in [-0.4, -0.2) is 17.1 Å². The Morgan fingerprint density at radius 3 is 2.67 bits per heavy atom. The van der Waals surface area contributed by atoms with Gasteiger partial charge in [-0.25, -0.2) is 0 Å². The highest BCUT2D eigenvalue weighted by molar-refractivity contribution is 5.75. The average Bonchev–Trinajstić information content (AvgIpc) is 2.50. The van der Waals surface area contributed by atoms with Crippen LogP contribution in [0.4, 0.5) is 0 Å². The molecule has 1 N–H and O–H groups in total. The number of carbonyl (C=O) groups is 1. The van der Waals surface area contributed by atoms with Crippen LogP contribution in [0.3, 0.4) is 0 Å². The molecule has 0 radical (unpaired) electrons. The van der Waals surface area contributed by atoms with E-state index in [-0.39, 0.29) is 23.8 Å². The van der Waals surface area contributed by atoms with Crippen molar-refractivity contribution in [3.05, 3.63) is 64.6 Å². The number of ether oxygens (including phenoxy) is 1. The number of rotatable bonds is 6. The van der Waals surface area contributed by atoms with Gasteiger partial charge in [0, 0.05) is 12.7 Å². The molecule has 5 nitrogen and oxygen atoms in total. The standard InChI is InChI=1S/C16H18N2O3/c1-2-21-14-9-6-10-18(16(14)20)12-15(19)17-11-13-7-4-3-5-8-13/h3-10H,2,11-12H2,1H3,(H,17,19). The highest BCUT2D eigenvalue weighted by Crippen LogP contribution is 2.02. The summed E-state index contributed by atoms with van der Waals surface area (Å²) in [5.74, 6) is 0.0467. The first-order valence-corrected chi connectivity index (χ1v) is 6.83. The predicted molar refractivity (Wildman–Crippen MR) is 80.2 cm³/mol. The second-order valence-corrected chi connectivity index (χ2v) is 4.50. The maximum Gasteiger partial charge on any atom is 0.293 e. The van der Waals surface area contributed by atoms with E-state index >= 15 is 0 Å². The molecule has 0 saturated heterocycles. The molecule has 21 heavy (non-hydrogen) atoms. The van der Waals surface area contributed by atoms with Crippen molar-refractivity contribution in [2.45, 2.75) is 20.0 Å². The largest absolute Gasteiger partial charge is 0.488 e. The molecule has 1 aromatic heterocycles. The van der Waals surface area contributed by atoms with E-state index in [9.17, 15) is 9.59 Å². The second-order valence-electron chi connectivity index (χ2n) is 4.50. The summed E-state index contributed by atoms with van der Waals surface area (Å²) >= 11 is 0. The number of amides is 1. The van der Waals surface area contributed by atoms with Crippen molar-refractivity contribution in [2.75, 3.05) is 6.61 Å². The first kappa shape index (κ1) is 14.8. The van der Waals surface area contributed by atoms with Gasteiger partial charge in [0.05, 0.1) is 6.61 Å². The van der Waals surface area contributed by atoms with Gasteiger partial charge in [-0.05, 0) is 24.6 Å². The van der Waals surface area contributed by atoms with Crippen LogP contribution in [0.25, 0.3) is 0 Å². The van der Waals surface area contributed by atoms with Crippen molar-refractivity contribution in [1.82, 2.24) is 9.88 Å². The SMILES string of the molecule is CCOc1cccn(CC(=O)NCc2ccccc2)c1=O. The molecule has 2 rings (SSSR count). The lowest BCUT2D eigenvalue weighted by Crippen LogP contribution is -2.32. The molecule has 0 atom stereocenters. The quantitative estimate of drug-likeness (QED) is 0.876. The third kappa shape index (κ3) is 4.21. The first-order valence-electron chi connectivity index (χ1n) is 6.83. The van der Waals surface area contributed by atoms with Crippen molar-refractivity contribution in [3.63, 3.8) is 0 Å². The number of nitrogens with zero attached hydrogens (tertiary/aromatic N) is 1. The van der Waals surface area contributed by atoms with Crippen molar-refractivity contribution in [1.29, 1.82) is 0 Å². The van der Waals surface area contributed by atoms with E-state index in [0.29, 0.717) is 13.2 Å². The Labute approximate surface area is 123 Å². The third-order valence-electron chi connectivity index (χ3n) is 2.93. The van der Waals surface area contributed by atoms with E-state index in [1.807, 2.05) is 37.3 Å². The van der Waals surface area contributed by atoms with E-state index in [1.165, 1.54) is 4.57 Å². The normalized spacial score (nSPS) is 10.1. The Morgan fingerprint density at radius 1 is 1.19 bits per heavy atom. The van der Waals surface area contributed by atoms with Crippen molar-refractivity contribution in [3.8, 4) is 5.75 Å². The number of nitrogens with one attached hydrogen (secondary N) is 1. The molecule has 0 aliphatic heterocycles. The minimum Gasteiger partial charge on any atom is -0.488 e. The Balaban J connectivity index is 1.97. The molecule has 0 saturated carbocycles. The lowest BCUT2D eigenvalue weighted by molar-refractivity contribution is -0.121. The molecule has 0 unspecified atom stereocenters. The minimum atomic E-state index is -0.297. The monoisotopic (exact) mass is 286 g/mol. The summed E-state index contributed by atoms with van der Waals surface area (Å²) in [4.78, 5) is 23.9. The number of hydrogen-bond acceptors (Lipinski definition) is 3. The van der Waals surface area contributed by atoms with Gasteiger partial charge in [0.15, 0.2) is 5.75 Å². The third-order valence-corrected chi connectivity index (χ3v) is 2.93. The number of pyridine rings is 1. The van der Waals surface area contributed by atoms with Gasteiger partial charge in [-0.2, -0.15) is 0 Å². The number of aromatic nitrogens is 1. The summed E-state index contributed by atoms with van der Waals surface area (Å²) in [6.07, 6.45) is 1.58. The van der Waals surface area contributed by atoms with E-state index in [0.717, 1.165) is 5.56 Å². The fourth-order valence-corrected chi connectivity index (χ4v) is 1.91. The van der Waals surface area contributed by atoms with Gasteiger partial charge in [0.25, 0.3) is 5.56 Å². The maximum atomic E-state index is 12.0. The average molecular weight is 286 g/mol. The summed E-state index contributed by atoms with van der Waals surface area (Å²) < 4.78 is 6.56. The molecule has 1 amide bonds. The van der Waals surface area contributed by atoms with Crippen molar-refractivity contribution < 1.29 is 9.53 Å². The molecule has 1 aromatic carbocycles. The molecular weight excluding hydrogens is 268 g/mol. The van der Waals surface area contributed by atoms with Gasteiger partial charge >= 0.3 is 0 Å². The summed E-state index contributed by atoms with van der Waals surface area (Å²) in [5, 5.41) is 2.79. The second kappa shape index (κ2) is 7.28. The zero-order valence-electron chi connectivity index (χ0n) is 11.9. The highest BCUT2D eigenvalue weighted by atomic mass is 16.5. The van der Waals surface area contributed by atoms with E-state index < -0.39 is 0 Å². The highest BCUT2D eigenvalue weighted by Gasteiger charge is 2.07. The van der Waals surface area contributed by atoms with Gasteiger partial charge in [0.1, 0.15) is 6.54 Å². The Kier molecular flexibility index (Phi) is 5.15. The molecule has 0 bridgehead atoms. The summed E-state index contributed by atoms with van der Waals surface area (Å²) in [6, 6.07) is 12.9. The van der Waals surface area contributed by atoms with E-state index in [4.69, 9.17) is 4.74 Å². The summed E-state index contributed by atoms with van der Waals surface area (Å²) in [6.45, 7) is 2.65. The Bertz CT molecular complexity index is 650. The molecule has 5 heteroatoms. The van der Waals surface area contributed by atoms with Crippen LogP contribution in [0.2, 0.25) is 0 Å². The smallest absolute Gasteiger partial charge is 0.293 e. The Hall–Kier alpha value is -2.56. The van der Waals surface area contributed by atoms with Crippen LogP contribution in [0, 0.1) is 0 Å². The van der Waals surface area contributed by atoms with Crippen molar-refractivity contribution >= 4 is 5.91 Å².